The third-order valence-corrected chi connectivity index (χ3v) is 6.05. The summed E-state index contributed by atoms with van der Waals surface area (Å²) in [6, 6.07) is 29.4. The van der Waals surface area contributed by atoms with Crippen molar-refractivity contribution >= 4 is 54.5 Å². The molecule has 0 atom stereocenters. The van der Waals surface area contributed by atoms with Crippen LogP contribution < -0.4 is 0 Å². The zero-order valence-electron chi connectivity index (χ0n) is 16.0. The molecule has 0 amide bonds. The summed E-state index contributed by atoms with van der Waals surface area (Å²) in [5.74, 6) is 0. The van der Waals surface area contributed by atoms with Crippen LogP contribution in [0.1, 0.15) is 0 Å². The normalized spacial score (nSPS) is 12.0. The first kappa shape index (κ1) is 15.8. The molecular formula is C27H16N2O. The van der Waals surface area contributed by atoms with Gasteiger partial charge in [0.2, 0.25) is 0 Å². The van der Waals surface area contributed by atoms with Crippen molar-refractivity contribution in [3.05, 3.63) is 91.1 Å². The summed E-state index contributed by atoms with van der Waals surface area (Å²) in [5, 5.41) is 7.19. The number of benzene rings is 4. The van der Waals surface area contributed by atoms with Crippen LogP contribution in [0.2, 0.25) is 0 Å². The minimum Gasteiger partial charge on any atom is -0.454 e. The Bertz CT molecular complexity index is 1740. The van der Waals surface area contributed by atoms with Gasteiger partial charge in [0, 0.05) is 38.8 Å². The number of nitrogens with zero attached hydrogens (tertiary/aromatic N) is 1. The summed E-state index contributed by atoms with van der Waals surface area (Å²) in [5.41, 5.74) is 6.04. The van der Waals surface area contributed by atoms with Gasteiger partial charge in [-0.3, -0.25) is 4.98 Å². The molecule has 0 saturated carbocycles. The smallest absolute Gasteiger partial charge is 0.160 e. The van der Waals surface area contributed by atoms with Crippen LogP contribution >= 0.6 is 0 Å². The number of para-hydroxylation sites is 1. The topological polar surface area (TPSA) is 41.8 Å². The molecular weight excluding hydrogens is 368 g/mol. The second-order valence-electron chi connectivity index (χ2n) is 7.70. The lowest BCUT2D eigenvalue weighted by Crippen LogP contribution is -1.81. The van der Waals surface area contributed by atoms with E-state index in [4.69, 9.17) is 4.42 Å². The van der Waals surface area contributed by atoms with E-state index in [2.05, 4.69) is 64.6 Å². The molecule has 0 aliphatic rings. The lowest BCUT2D eigenvalue weighted by molar-refractivity contribution is 0.672. The van der Waals surface area contributed by atoms with E-state index in [9.17, 15) is 0 Å². The van der Waals surface area contributed by atoms with Gasteiger partial charge in [-0.15, -0.1) is 0 Å². The van der Waals surface area contributed by atoms with E-state index < -0.39 is 0 Å². The molecule has 7 rings (SSSR count). The molecule has 0 unspecified atom stereocenters. The van der Waals surface area contributed by atoms with Crippen LogP contribution in [0, 0.1) is 0 Å². The third-order valence-electron chi connectivity index (χ3n) is 6.05. The highest BCUT2D eigenvalue weighted by atomic mass is 16.3. The SMILES string of the molecule is c1ccc(-c2ccc3c(c2)[nH]c2c4oc5ccccc5c4c4ccccc4c32)nc1. The fraction of sp³-hybridized carbons (Fsp3) is 0. The summed E-state index contributed by atoms with van der Waals surface area (Å²) in [6.45, 7) is 0. The Morgan fingerprint density at radius 3 is 2.27 bits per heavy atom. The first-order valence-electron chi connectivity index (χ1n) is 10.1. The zero-order chi connectivity index (χ0) is 19.7. The largest absolute Gasteiger partial charge is 0.454 e. The molecule has 1 N–H and O–H groups in total. The molecule has 0 aliphatic carbocycles. The van der Waals surface area contributed by atoms with Crippen molar-refractivity contribution in [2.75, 3.05) is 0 Å². The van der Waals surface area contributed by atoms with Gasteiger partial charge in [0.05, 0.1) is 11.2 Å². The fourth-order valence-electron chi connectivity index (χ4n) is 4.75. The predicted octanol–water partition coefficient (Wildman–Crippen LogP) is 7.44. The van der Waals surface area contributed by atoms with Crippen LogP contribution in [0.5, 0.6) is 0 Å². The van der Waals surface area contributed by atoms with Crippen molar-refractivity contribution in [1.82, 2.24) is 9.97 Å². The van der Waals surface area contributed by atoms with E-state index in [0.717, 1.165) is 38.8 Å². The maximum absolute atomic E-state index is 6.37. The average molecular weight is 384 g/mol. The Kier molecular flexibility index (Phi) is 3.00. The number of fused-ring (bicyclic) bond motifs is 10. The molecule has 3 aromatic heterocycles. The van der Waals surface area contributed by atoms with E-state index in [1.165, 1.54) is 26.9 Å². The molecule has 0 radical (unpaired) electrons. The average Bonchev–Trinajstić information content (AvgIpc) is 3.38. The number of pyridine rings is 1. The van der Waals surface area contributed by atoms with Crippen molar-refractivity contribution in [3.63, 3.8) is 0 Å². The van der Waals surface area contributed by atoms with Crippen LogP contribution in [-0.2, 0) is 0 Å². The van der Waals surface area contributed by atoms with E-state index >= 15 is 0 Å². The Hall–Kier alpha value is -4.11. The molecule has 0 fully saturated rings. The molecule has 0 saturated heterocycles. The molecule has 0 aliphatic heterocycles. The number of aromatic nitrogens is 2. The van der Waals surface area contributed by atoms with E-state index in [0.29, 0.717) is 0 Å². The van der Waals surface area contributed by atoms with Crippen LogP contribution in [0.15, 0.2) is 95.5 Å². The highest BCUT2D eigenvalue weighted by molar-refractivity contribution is 6.34. The van der Waals surface area contributed by atoms with Gasteiger partial charge < -0.3 is 9.40 Å². The first-order chi connectivity index (χ1) is 14.9. The van der Waals surface area contributed by atoms with Gasteiger partial charge >= 0.3 is 0 Å². The van der Waals surface area contributed by atoms with Crippen molar-refractivity contribution in [2.24, 2.45) is 0 Å². The Labute approximate surface area is 171 Å². The van der Waals surface area contributed by atoms with Crippen LogP contribution in [0.3, 0.4) is 0 Å². The van der Waals surface area contributed by atoms with Gasteiger partial charge in [-0.25, -0.2) is 0 Å². The number of hydrogen-bond acceptors (Lipinski definition) is 2. The molecule has 0 bridgehead atoms. The summed E-state index contributed by atoms with van der Waals surface area (Å²) in [4.78, 5) is 8.17. The lowest BCUT2D eigenvalue weighted by atomic mass is 9.98. The van der Waals surface area contributed by atoms with E-state index in [-0.39, 0.29) is 0 Å². The highest BCUT2D eigenvalue weighted by Gasteiger charge is 2.18. The second kappa shape index (κ2) is 5.71. The molecule has 3 heterocycles. The maximum atomic E-state index is 6.37. The minimum absolute atomic E-state index is 0.915. The number of aromatic amines is 1. The quantitative estimate of drug-likeness (QED) is 0.320. The number of nitrogens with one attached hydrogen (secondary N) is 1. The predicted molar refractivity (Wildman–Crippen MR) is 124 cm³/mol. The van der Waals surface area contributed by atoms with Crippen LogP contribution in [-0.4, -0.2) is 9.97 Å². The molecule has 0 spiro atoms. The second-order valence-corrected chi connectivity index (χ2v) is 7.70. The summed E-state index contributed by atoms with van der Waals surface area (Å²) >= 11 is 0. The first-order valence-corrected chi connectivity index (χ1v) is 10.1. The molecule has 3 heteroatoms. The monoisotopic (exact) mass is 384 g/mol. The van der Waals surface area contributed by atoms with Gasteiger partial charge in [-0.1, -0.05) is 60.7 Å². The number of furan rings is 1. The lowest BCUT2D eigenvalue weighted by Gasteiger charge is -2.03. The fourth-order valence-corrected chi connectivity index (χ4v) is 4.75. The highest BCUT2D eigenvalue weighted by Crippen LogP contribution is 2.43. The van der Waals surface area contributed by atoms with Gasteiger partial charge in [-0.05, 0) is 35.0 Å². The van der Waals surface area contributed by atoms with Gasteiger partial charge in [-0.2, -0.15) is 0 Å². The van der Waals surface area contributed by atoms with E-state index in [1.54, 1.807) is 0 Å². The minimum atomic E-state index is 0.915. The van der Waals surface area contributed by atoms with Crippen molar-refractivity contribution < 1.29 is 4.42 Å². The summed E-state index contributed by atoms with van der Waals surface area (Å²) < 4.78 is 6.37. The third kappa shape index (κ3) is 2.01. The Morgan fingerprint density at radius 2 is 1.43 bits per heavy atom. The standard InChI is InChI=1S/C27H16N2O/c1-2-8-18-17(7-1)24-19-13-12-16(21-10-5-6-14-28-21)15-22(19)29-26(24)27-25(18)20-9-3-4-11-23(20)30-27/h1-15,29H. The zero-order valence-corrected chi connectivity index (χ0v) is 16.0. The molecule has 30 heavy (non-hydrogen) atoms. The number of H-pyrrole nitrogens is 1. The molecule has 3 nitrogen and oxygen atoms in total. The molecule has 4 aromatic carbocycles. The molecule has 7 aromatic rings. The van der Waals surface area contributed by atoms with Crippen molar-refractivity contribution in [1.29, 1.82) is 0 Å². The van der Waals surface area contributed by atoms with Gasteiger partial charge in [0.25, 0.3) is 0 Å². The Balaban J connectivity index is 1.69. The Morgan fingerprint density at radius 1 is 0.667 bits per heavy atom. The molecule has 140 valence electrons. The van der Waals surface area contributed by atoms with Crippen LogP contribution in [0.4, 0.5) is 0 Å². The van der Waals surface area contributed by atoms with Gasteiger partial charge in [0.1, 0.15) is 5.58 Å². The van der Waals surface area contributed by atoms with E-state index in [1.807, 2.05) is 36.5 Å². The van der Waals surface area contributed by atoms with Gasteiger partial charge in [0.15, 0.2) is 5.58 Å². The van der Waals surface area contributed by atoms with Crippen molar-refractivity contribution in [2.45, 2.75) is 0 Å². The van der Waals surface area contributed by atoms with Crippen LogP contribution in [0.25, 0.3) is 65.8 Å². The maximum Gasteiger partial charge on any atom is 0.160 e. The number of rotatable bonds is 1. The number of hydrogen-bond donors (Lipinski definition) is 1. The summed E-state index contributed by atoms with van der Waals surface area (Å²) in [7, 11) is 0. The summed E-state index contributed by atoms with van der Waals surface area (Å²) in [6.07, 6.45) is 1.83. The van der Waals surface area contributed by atoms with Crippen molar-refractivity contribution in [3.8, 4) is 11.3 Å².